The van der Waals surface area contributed by atoms with Crippen LogP contribution in [-0.4, -0.2) is 66.8 Å². The maximum Gasteiger partial charge on any atom is 0.336 e. The predicted octanol–water partition coefficient (Wildman–Crippen LogP) is 3.00. The van der Waals surface area contributed by atoms with E-state index >= 15 is 0 Å². The molecule has 0 spiro atoms. The number of esters is 1. The molecule has 0 aliphatic carbocycles. The molecule has 14 heteroatoms. The van der Waals surface area contributed by atoms with E-state index in [1.807, 2.05) is 6.07 Å². The van der Waals surface area contributed by atoms with E-state index in [1.165, 1.54) is 26.5 Å². The van der Waals surface area contributed by atoms with E-state index in [0.29, 0.717) is 11.2 Å². The first kappa shape index (κ1) is 30.2. The monoisotopic (exact) mass is 562 g/mol. The van der Waals surface area contributed by atoms with Crippen LogP contribution in [-0.2, 0) is 41.1 Å². The number of carboxylic acid groups (broad SMARTS) is 1. The van der Waals surface area contributed by atoms with Gasteiger partial charge >= 0.3 is 11.9 Å². The van der Waals surface area contributed by atoms with Gasteiger partial charge in [0.2, 0.25) is 0 Å². The third-order valence-corrected chi connectivity index (χ3v) is 7.56. The van der Waals surface area contributed by atoms with E-state index in [-0.39, 0.29) is 18.8 Å². The highest BCUT2D eigenvalue weighted by atomic mass is 31.2. The van der Waals surface area contributed by atoms with E-state index in [9.17, 15) is 19.3 Å². The van der Waals surface area contributed by atoms with Crippen LogP contribution in [0.2, 0.25) is 0 Å². The molecule has 212 valence electrons. The van der Waals surface area contributed by atoms with Crippen molar-refractivity contribution in [3.8, 4) is 0 Å². The number of aliphatic carboxylic acids is 1. The van der Waals surface area contributed by atoms with Gasteiger partial charge in [-0.05, 0) is 40.2 Å². The van der Waals surface area contributed by atoms with Crippen molar-refractivity contribution in [2.75, 3.05) is 12.1 Å². The van der Waals surface area contributed by atoms with E-state index in [0.717, 1.165) is 5.56 Å². The lowest BCUT2D eigenvalue weighted by atomic mass is 10.1. The fraction of sp³-hybridized carbons (Fsp3) is 0.480. The van der Waals surface area contributed by atoms with Crippen LogP contribution in [0.25, 0.3) is 11.2 Å². The van der Waals surface area contributed by atoms with Crippen LogP contribution in [0, 0.1) is 0 Å². The molecule has 0 saturated heterocycles. The lowest BCUT2D eigenvalue weighted by Crippen LogP contribution is -2.46. The molecule has 0 radical (unpaired) electrons. The standard InChI is InChI=1S/C25H35N6O7P/c1-16(2)37-23(32)19(11-18-9-7-6-8-10-18)38-39(35,30-25(4,5)24(33)34)15-36-17(3)12-31-14-29-20-21(26)27-13-28-22(20)31/h6-10,13-14,16-17,19H,11-12,15H2,1-5H3,(H,30,35)(H,33,34)(H2,26,27,28)/t17-,19+,39?/m1/s1. The van der Waals surface area contributed by atoms with Gasteiger partial charge < -0.3 is 29.4 Å². The molecule has 3 aromatic rings. The van der Waals surface area contributed by atoms with Crippen LogP contribution in [0.3, 0.4) is 0 Å². The molecule has 0 fully saturated rings. The van der Waals surface area contributed by atoms with Gasteiger partial charge in [0.25, 0.3) is 7.52 Å². The van der Waals surface area contributed by atoms with Crippen molar-refractivity contribution in [1.82, 2.24) is 24.6 Å². The second-order valence-corrected chi connectivity index (χ2v) is 12.0. The Morgan fingerprint density at radius 3 is 2.49 bits per heavy atom. The molecular formula is C25H35N6O7P. The summed E-state index contributed by atoms with van der Waals surface area (Å²) >= 11 is 0. The Kier molecular flexibility index (Phi) is 9.78. The molecule has 1 aromatic carbocycles. The third kappa shape index (κ3) is 8.30. The third-order valence-electron chi connectivity index (χ3n) is 5.57. The second-order valence-electron chi connectivity index (χ2n) is 9.92. The number of benzene rings is 1. The average Bonchev–Trinajstić information content (AvgIpc) is 3.26. The minimum absolute atomic E-state index is 0.0588. The van der Waals surface area contributed by atoms with Crippen LogP contribution in [0.15, 0.2) is 43.0 Å². The molecule has 0 amide bonds. The SMILES string of the molecule is CC(C)OC(=O)[C@H](Cc1ccccc1)OP(=O)(CO[C@H](C)Cn1cnc2c(N)ncnc21)NC(C)(C)C(=O)O. The molecule has 3 atom stereocenters. The summed E-state index contributed by atoms with van der Waals surface area (Å²) in [5, 5.41) is 12.3. The number of hydrogen-bond donors (Lipinski definition) is 3. The number of rotatable bonds is 14. The number of ether oxygens (including phenoxy) is 2. The number of hydrogen-bond acceptors (Lipinski definition) is 10. The first-order chi connectivity index (χ1) is 18.3. The summed E-state index contributed by atoms with van der Waals surface area (Å²) in [5.74, 6) is -1.74. The average molecular weight is 563 g/mol. The van der Waals surface area contributed by atoms with Gasteiger partial charge in [-0.25, -0.2) is 24.8 Å². The number of nitrogens with two attached hydrogens (primary N) is 1. The second kappa shape index (κ2) is 12.6. The largest absolute Gasteiger partial charge is 0.480 e. The number of carbonyl (C=O) groups is 2. The number of anilines is 1. The van der Waals surface area contributed by atoms with Crippen molar-refractivity contribution in [3.05, 3.63) is 48.5 Å². The topological polar surface area (TPSA) is 181 Å². The van der Waals surface area contributed by atoms with Crippen molar-refractivity contribution in [2.24, 2.45) is 0 Å². The van der Waals surface area contributed by atoms with Crippen LogP contribution in [0.5, 0.6) is 0 Å². The molecular weight excluding hydrogens is 527 g/mol. The Morgan fingerprint density at radius 2 is 1.85 bits per heavy atom. The molecule has 0 saturated carbocycles. The normalized spacial score (nSPS) is 15.1. The molecule has 0 aliphatic heterocycles. The smallest absolute Gasteiger partial charge is 0.336 e. The molecule has 0 bridgehead atoms. The van der Waals surface area contributed by atoms with Crippen LogP contribution >= 0.6 is 7.52 Å². The van der Waals surface area contributed by atoms with Gasteiger partial charge in [-0.3, -0.25) is 9.36 Å². The van der Waals surface area contributed by atoms with Crippen molar-refractivity contribution in [1.29, 1.82) is 0 Å². The summed E-state index contributed by atoms with van der Waals surface area (Å²) in [6.07, 6.45) is 0.133. The van der Waals surface area contributed by atoms with Gasteiger partial charge in [0.05, 0.1) is 25.1 Å². The molecule has 2 heterocycles. The molecule has 39 heavy (non-hydrogen) atoms. The van der Waals surface area contributed by atoms with Crippen molar-refractivity contribution in [2.45, 2.75) is 71.4 Å². The number of carboxylic acids is 1. The Bertz CT molecular complexity index is 1330. The van der Waals surface area contributed by atoms with Crippen LogP contribution in [0.4, 0.5) is 5.82 Å². The summed E-state index contributed by atoms with van der Waals surface area (Å²) in [4.78, 5) is 37.1. The minimum atomic E-state index is -4.11. The van der Waals surface area contributed by atoms with Crippen molar-refractivity contribution in [3.63, 3.8) is 0 Å². The summed E-state index contributed by atoms with van der Waals surface area (Å²) in [5.41, 5.74) is 5.88. The number of nitrogen functional groups attached to an aromatic ring is 1. The van der Waals surface area contributed by atoms with Gasteiger partial charge in [-0.15, -0.1) is 0 Å². The molecule has 4 N–H and O–H groups in total. The number of aromatic nitrogens is 4. The van der Waals surface area contributed by atoms with E-state index in [1.54, 1.807) is 49.6 Å². The molecule has 1 unspecified atom stereocenters. The van der Waals surface area contributed by atoms with E-state index in [4.69, 9.17) is 19.7 Å². The quantitative estimate of drug-likeness (QED) is 0.193. The number of carbonyl (C=O) groups excluding carboxylic acids is 1. The van der Waals surface area contributed by atoms with Gasteiger partial charge in [-0.1, -0.05) is 30.3 Å². The number of nitrogens with zero attached hydrogens (tertiary/aromatic N) is 4. The highest BCUT2D eigenvalue weighted by Crippen LogP contribution is 2.47. The Labute approximate surface area is 226 Å². The Balaban J connectivity index is 1.82. The van der Waals surface area contributed by atoms with Gasteiger partial charge in [0, 0.05) is 6.42 Å². The predicted molar refractivity (Wildman–Crippen MR) is 144 cm³/mol. The first-order valence-corrected chi connectivity index (χ1v) is 14.2. The van der Waals surface area contributed by atoms with E-state index < -0.39 is 49.7 Å². The maximum atomic E-state index is 14.1. The first-order valence-electron chi connectivity index (χ1n) is 12.4. The van der Waals surface area contributed by atoms with Crippen molar-refractivity contribution < 1.29 is 33.3 Å². The van der Waals surface area contributed by atoms with Crippen molar-refractivity contribution >= 4 is 36.4 Å². The van der Waals surface area contributed by atoms with Gasteiger partial charge in [0.15, 0.2) is 17.6 Å². The molecule has 3 rings (SSSR count). The lowest BCUT2D eigenvalue weighted by Gasteiger charge is -2.31. The fourth-order valence-corrected chi connectivity index (χ4v) is 5.80. The summed E-state index contributed by atoms with van der Waals surface area (Å²) in [6, 6.07) is 9.02. The minimum Gasteiger partial charge on any atom is -0.480 e. The molecule has 13 nitrogen and oxygen atoms in total. The van der Waals surface area contributed by atoms with Crippen LogP contribution < -0.4 is 10.8 Å². The summed E-state index contributed by atoms with van der Waals surface area (Å²) in [7, 11) is -4.11. The highest BCUT2D eigenvalue weighted by Gasteiger charge is 2.41. The zero-order chi connectivity index (χ0) is 28.8. The zero-order valence-corrected chi connectivity index (χ0v) is 23.5. The molecule has 0 aliphatic rings. The Hall–Kier alpha value is -3.38. The zero-order valence-electron chi connectivity index (χ0n) is 22.6. The van der Waals surface area contributed by atoms with E-state index in [2.05, 4.69) is 20.0 Å². The molecule has 2 aromatic heterocycles. The summed E-state index contributed by atoms with van der Waals surface area (Å²) in [6.45, 7) is 8.05. The fourth-order valence-electron chi connectivity index (χ4n) is 3.66. The van der Waals surface area contributed by atoms with Crippen LogP contribution in [0.1, 0.15) is 40.2 Å². The summed E-state index contributed by atoms with van der Waals surface area (Å²) < 4.78 is 32.9. The highest BCUT2D eigenvalue weighted by molar-refractivity contribution is 7.56. The number of fused-ring (bicyclic) bond motifs is 1. The lowest BCUT2D eigenvalue weighted by molar-refractivity contribution is -0.156. The Morgan fingerprint density at radius 1 is 1.15 bits per heavy atom. The number of imidazole rings is 1. The van der Waals surface area contributed by atoms with Gasteiger partial charge in [-0.2, -0.15) is 0 Å². The number of nitrogens with one attached hydrogen (secondary N) is 1. The van der Waals surface area contributed by atoms with Gasteiger partial charge in [0.1, 0.15) is 23.7 Å². The maximum absolute atomic E-state index is 14.1.